The lowest BCUT2D eigenvalue weighted by Crippen LogP contribution is -2.39. The van der Waals surface area contributed by atoms with Gasteiger partial charge in [0.15, 0.2) is 17.4 Å². The highest BCUT2D eigenvalue weighted by Crippen LogP contribution is 2.33. The van der Waals surface area contributed by atoms with Gasteiger partial charge < -0.3 is 19.5 Å². The zero-order chi connectivity index (χ0) is 25.6. The number of methoxy groups -OCH3 is 2. The number of anilines is 1. The molecule has 0 heterocycles. The summed E-state index contributed by atoms with van der Waals surface area (Å²) in [4.78, 5) is 27.0. The van der Waals surface area contributed by atoms with E-state index in [0.29, 0.717) is 28.3 Å². The minimum absolute atomic E-state index is 0.0241. The highest BCUT2D eigenvalue weighted by Gasteiger charge is 2.33. The molecule has 1 unspecified atom stereocenters. The molecule has 0 radical (unpaired) electrons. The minimum atomic E-state index is -4.45. The number of rotatable bonds is 9. The van der Waals surface area contributed by atoms with Crippen molar-refractivity contribution in [3.8, 4) is 11.5 Å². The molecule has 35 heavy (non-hydrogen) atoms. The molecule has 184 valence electrons. The number of carboxylic acid groups (broad SMARTS) is 1. The summed E-state index contributed by atoms with van der Waals surface area (Å²) in [5, 5.41) is 9.87. The van der Waals surface area contributed by atoms with Gasteiger partial charge in [0, 0.05) is 18.3 Å². The maximum atomic E-state index is 13.6. The second-order valence-corrected chi connectivity index (χ2v) is 7.66. The SMILES string of the molecule is COc1ccc(N(CCc2ccc(C(F)(F)F)cc2)C(=O)C(C(=O)O)c2ccccc2)cc1OC. The first-order chi connectivity index (χ1) is 16.7. The highest BCUT2D eigenvalue weighted by atomic mass is 19.4. The molecular weight excluding hydrogens is 463 g/mol. The van der Waals surface area contributed by atoms with Crippen LogP contribution in [0.15, 0.2) is 72.8 Å². The van der Waals surface area contributed by atoms with Gasteiger partial charge in [0.1, 0.15) is 0 Å². The Morgan fingerprint density at radius 2 is 1.54 bits per heavy atom. The van der Waals surface area contributed by atoms with Gasteiger partial charge in [-0.05, 0) is 41.8 Å². The van der Waals surface area contributed by atoms with Crippen molar-refractivity contribution >= 4 is 17.6 Å². The molecule has 1 amide bonds. The molecule has 0 aliphatic carbocycles. The maximum absolute atomic E-state index is 13.6. The summed E-state index contributed by atoms with van der Waals surface area (Å²) in [6.45, 7) is 0.0241. The largest absolute Gasteiger partial charge is 0.493 e. The van der Waals surface area contributed by atoms with Gasteiger partial charge in [0.05, 0.1) is 19.8 Å². The number of carboxylic acids is 1. The first-order valence-corrected chi connectivity index (χ1v) is 10.6. The Labute approximate surface area is 200 Å². The van der Waals surface area contributed by atoms with Gasteiger partial charge in [-0.3, -0.25) is 9.59 Å². The topological polar surface area (TPSA) is 76.1 Å². The number of ether oxygens (including phenoxy) is 2. The highest BCUT2D eigenvalue weighted by molar-refractivity contribution is 6.10. The molecule has 0 aromatic heterocycles. The molecule has 6 nitrogen and oxygen atoms in total. The summed E-state index contributed by atoms with van der Waals surface area (Å²) in [6.07, 6.45) is -4.26. The van der Waals surface area contributed by atoms with Crippen LogP contribution in [-0.2, 0) is 22.2 Å². The average Bonchev–Trinajstić information content (AvgIpc) is 2.84. The fraction of sp³-hybridized carbons (Fsp3) is 0.231. The Balaban J connectivity index is 1.97. The van der Waals surface area contributed by atoms with Crippen molar-refractivity contribution < 1.29 is 37.3 Å². The fourth-order valence-electron chi connectivity index (χ4n) is 3.65. The van der Waals surface area contributed by atoms with E-state index in [-0.39, 0.29) is 13.0 Å². The molecule has 0 bridgehead atoms. The number of alkyl halides is 3. The molecule has 0 aliphatic heterocycles. The lowest BCUT2D eigenvalue weighted by atomic mass is 9.97. The number of halogens is 3. The Bertz CT molecular complexity index is 1160. The third-order valence-corrected chi connectivity index (χ3v) is 5.48. The molecule has 0 saturated carbocycles. The third-order valence-electron chi connectivity index (χ3n) is 5.48. The van der Waals surface area contributed by atoms with Crippen LogP contribution in [0.5, 0.6) is 11.5 Å². The summed E-state index contributed by atoms with van der Waals surface area (Å²) >= 11 is 0. The van der Waals surface area contributed by atoms with Crippen molar-refractivity contribution in [1.29, 1.82) is 0 Å². The molecule has 1 N–H and O–H groups in total. The Morgan fingerprint density at radius 1 is 0.914 bits per heavy atom. The average molecular weight is 487 g/mol. The summed E-state index contributed by atoms with van der Waals surface area (Å²) in [5.41, 5.74) is 0.457. The molecule has 3 rings (SSSR count). The lowest BCUT2D eigenvalue weighted by molar-refractivity contribution is -0.142. The van der Waals surface area contributed by atoms with Crippen molar-refractivity contribution in [3.05, 3.63) is 89.5 Å². The molecule has 0 saturated heterocycles. The molecule has 0 spiro atoms. The number of amides is 1. The number of benzene rings is 3. The Kier molecular flexibility index (Phi) is 8.01. The Morgan fingerprint density at radius 3 is 2.09 bits per heavy atom. The predicted octanol–water partition coefficient (Wildman–Crippen LogP) is 5.17. The molecular formula is C26H24F3NO5. The molecule has 9 heteroatoms. The quantitative estimate of drug-likeness (QED) is 0.422. The monoisotopic (exact) mass is 487 g/mol. The van der Waals surface area contributed by atoms with Crippen molar-refractivity contribution in [2.45, 2.75) is 18.5 Å². The van der Waals surface area contributed by atoms with Gasteiger partial charge in [-0.25, -0.2) is 0 Å². The van der Waals surface area contributed by atoms with E-state index in [1.54, 1.807) is 48.5 Å². The van der Waals surface area contributed by atoms with E-state index >= 15 is 0 Å². The fourth-order valence-corrected chi connectivity index (χ4v) is 3.65. The number of carbonyl (C=O) groups is 2. The third kappa shape index (κ3) is 6.11. The second-order valence-electron chi connectivity index (χ2n) is 7.66. The van der Waals surface area contributed by atoms with E-state index in [1.807, 2.05) is 0 Å². The van der Waals surface area contributed by atoms with E-state index in [4.69, 9.17) is 9.47 Å². The van der Waals surface area contributed by atoms with Crippen molar-refractivity contribution in [1.82, 2.24) is 0 Å². The molecule has 3 aromatic rings. The summed E-state index contributed by atoms with van der Waals surface area (Å²) in [5.74, 6) is -2.73. The lowest BCUT2D eigenvalue weighted by Gasteiger charge is -2.27. The summed E-state index contributed by atoms with van der Waals surface area (Å²) < 4.78 is 49.2. The molecule has 1 atom stereocenters. The van der Waals surface area contributed by atoms with E-state index in [0.717, 1.165) is 12.1 Å². The van der Waals surface area contributed by atoms with E-state index in [9.17, 15) is 27.9 Å². The van der Waals surface area contributed by atoms with Crippen LogP contribution in [0.1, 0.15) is 22.6 Å². The van der Waals surface area contributed by atoms with Crippen molar-refractivity contribution in [2.75, 3.05) is 25.7 Å². The van der Waals surface area contributed by atoms with E-state index in [2.05, 4.69) is 0 Å². The van der Waals surface area contributed by atoms with Crippen molar-refractivity contribution in [3.63, 3.8) is 0 Å². The predicted molar refractivity (Wildman–Crippen MR) is 124 cm³/mol. The van der Waals surface area contributed by atoms with Gasteiger partial charge in [-0.1, -0.05) is 42.5 Å². The normalized spacial score (nSPS) is 12.0. The first-order valence-electron chi connectivity index (χ1n) is 10.6. The van der Waals surface area contributed by atoms with Gasteiger partial charge in [0.2, 0.25) is 5.91 Å². The minimum Gasteiger partial charge on any atom is -0.493 e. The van der Waals surface area contributed by atoms with Crippen LogP contribution in [0.2, 0.25) is 0 Å². The zero-order valence-corrected chi connectivity index (χ0v) is 19.1. The van der Waals surface area contributed by atoms with Gasteiger partial charge in [-0.2, -0.15) is 13.2 Å². The van der Waals surface area contributed by atoms with Gasteiger partial charge in [-0.15, -0.1) is 0 Å². The smallest absolute Gasteiger partial charge is 0.416 e. The number of aliphatic carboxylic acids is 1. The van der Waals surface area contributed by atoms with Crippen LogP contribution in [0.25, 0.3) is 0 Å². The first kappa shape index (κ1) is 25.6. The molecule has 0 fully saturated rings. The maximum Gasteiger partial charge on any atom is 0.416 e. The summed E-state index contributed by atoms with van der Waals surface area (Å²) in [6, 6.07) is 17.5. The van der Waals surface area contributed by atoms with Crippen LogP contribution in [0, 0.1) is 0 Å². The number of hydrogen-bond acceptors (Lipinski definition) is 4. The van der Waals surface area contributed by atoms with Crippen LogP contribution in [-0.4, -0.2) is 37.7 Å². The molecule has 0 aliphatic rings. The molecule has 3 aromatic carbocycles. The number of nitrogens with zero attached hydrogens (tertiary/aromatic N) is 1. The van der Waals surface area contributed by atoms with Crippen LogP contribution in [0.4, 0.5) is 18.9 Å². The standard InChI is InChI=1S/C26H24F3NO5/c1-34-21-13-12-20(16-22(21)35-2)30(15-14-17-8-10-19(11-9-17)26(27,28)29)24(31)23(25(32)33)18-6-4-3-5-7-18/h3-13,16,23H,14-15H2,1-2H3,(H,32,33). The zero-order valence-electron chi connectivity index (χ0n) is 19.1. The summed E-state index contributed by atoms with van der Waals surface area (Å²) in [7, 11) is 2.89. The van der Waals surface area contributed by atoms with Gasteiger partial charge >= 0.3 is 12.1 Å². The number of carbonyl (C=O) groups excluding carboxylic acids is 1. The Hall–Kier alpha value is -4.01. The van der Waals surface area contributed by atoms with E-state index < -0.39 is 29.5 Å². The van der Waals surface area contributed by atoms with Gasteiger partial charge in [0.25, 0.3) is 0 Å². The van der Waals surface area contributed by atoms with Crippen LogP contribution >= 0.6 is 0 Å². The van der Waals surface area contributed by atoms with Crippen LogP contribution < -0.4 is 14.4 Å². The number of hydrogen-bond donors (Lipinski definition) is 1. The second kappa shape index (κ2) is 10.9. The van der Waals surface area contributed by atoms with Crippen LogP contribution in [0.3, 0.4) is 0 Å². The van der Waals surface area contributed by atoms with Crippen molar-refractivity contribution in [2.24, 2.45) is 0 Å². The van der Waals surface area contributed by atoms with E-state index in [1.165, 1.54) is 31.3 Å².